The van der Waals surface area contributed by atoms with Crippen molar-refractivity contribution < 1.29 is 14.3 Å². The second-order valence-electron chi connectivity index (χ2n) is 6.58. The Morgan fingerprint density at radius 1 is 1.20 bits per heavy atom. The molecule has 25 heavy (non-hydrogen) atoms. The Kier molecular flexibility index (Phi) is 7.44. The summed E-state index contributed by atoms with van der Waals surface area (Å²) >= 11 is 0. The lowest BCUT2D eigenvalue weighted by Gasteiger charge is -2.35. The van der Waals surface area contributed by atoms with E-state index in [-0.39, 0.29) is 23.8 Å². The molecule has 0 radical (unpaired) electrons. The molecule has 1 aromatic rings. The number of ether oxygens (including phenoxy) is 1. The molecule has 0 aliphatic carbocycles. The van der Waals surface area contributed by atoms with E-state index in [1.54, 1.807) is 6.92 Å². The van der Waals surface area contributed by atoms with Crippen LogP contribution in [0, 0.1) is 0 Å². The number of benzene rings is 1. The number of nitrogens with zero attached hydrogens (tertiary/aromatic N) is 1. The number of rotatable bonds is 7. The van der Waals surface area contributed by atoms with Gasteiger partial charge in [0.05, 0.1) is 5.92 Å². The maximum atomic E-state index is 12.9. The number of amides is 2. The molecule has 1 saturated heterocycles. The molecule has 1 heterocycles. The SMILES string of the molecule is CCO[C@H](C)C(=O)NC1CCN(C(=O)[C@H](CC)c2ccccc2)CC1. The summed E-state index contributed by atoms with van der Waals surface area (Å²) in [7, 11) is 0. The summed E-state index contributed by atoms with van der Waals surface area (Å²) in [6, 6.07) is 10.1. The number of carbonyl (C=O) groups excluding carboxylic acids is 2. The topological polar surface area (TPSA) is 58.6 Å². The van der Waals surface area contributed by atoms with Crippen molar-refractivity contribution in [1.82, 2.24) is 10.2 Å². The molecule has 1 aliphatic rings. The van der Waals surface area contributed by atoms with Gasteiger partial charge in [-0.2, -0.15) is 0 Å². The smallest absolute Gasteiger partial charge is 0.249 e. The number of carbonyl (C=O) groups is 2. The molecule has 5 heteroatoms. The van der Waals surface area contributed by atoms with Gasteiger partial charge in [0.1, 0.15) is 6.10 Å². The monoisotopic (exact) mass is 346 g/mol. The van der Waals surface area contributed by atoms with Crippen molar-refractivity contribution in [3.8, 4) is 0 Å². The first-order valence-corrected chi connectivity index (χ1v) is 9.32. The zero-order chi connectivity index (χ0) is 18.2. The fourth-order valence-corrected chi connectivity index (χ4v) is 3.35. The summed E-state index contributed by atoms with van der Waals surface area (Å²) in [6.45, 7) is 7.61. The van der Waals surface area contributed by atoms with Crippen molar-refractivity contribution in [2.45, 2.75) is 58.1 Å². The van der Waals surface area contributed by atoms with Crippen LogP contribution in [0.25, 0.3) is 0 Å². The van der Waals surface area contributed by atoms with E-state index in [2.05, 4.69) is 12.2 Å². The number of nitrogens with one attached hydrogen (secondary N) is 1. The Morgan fingerprint density at radius 2 is 1.84 bits per heavy atom. The average molecular weight is 346 g/mol. The fourth-order valence-electron chi connectivity index (χ4n) is 3.35. The van der Waals surface area contributed by atoms with Gasteiger partial charge in [0.15, 0.2) is 0 Å². The van der Waals surface area contributed by atoms with E-state index in [1.807, 2.05) is 42.2 Å². The van der Waals surface area contributed by atoms with Crippen LogP contribution in [0.4, 0.5) is 0 Å². The van der Waals surface area contributed by atoms with Gasteiger partial charge in [-0.25, -0.2) is 0 Å². The predicted molar refractivity (Wildman–Crippen MR) is 98.3 cm³/mol. The van der Waals surface area contributed by atoms with Crippen molar-refractivity contribution in [1.29, 1.82) is 0 Å². The highest BCUT2D eigenvalue weighted by Gasteiger charge is 2.29. The summed E-state index contributed by atoms with van der Waals surface area (Å²) in [6.07, 6.45) is 1.96. The quantitative estimate of drug-likeness (QED) is 0.826. The minimum Gasteiger partial charge on any atom is -0.369 e. The van der Waals surface area contributed by atoms with Gasteiger partial charge in [-0.1, -0.05) is 37.3 Å². The average Bonchev–Trinajstić information content (AvgIpc) is 2.64. The Balaban J connectivity index is 1.86. The van der Waals surface area contributed by atoms with Crippen LogP contribution in [0.15, 0.2) is 30.3 Å². The van der Waals surface area contributed by atoms with E-state index in [9.17, 15) is 9.59 Å². The van der Waals surface area contributed by atoms with Crippen LogP contribution in [-0.4, -0.2) is 48.6 Å². The van der Waals surface area contributed by atoms with Gasteiger partial charge < -0.3 is 15.0 Å². The maximum absolute atomic E-state index is 12.9. The van der Waals surface area contributed by atoms with E-state index in [1.165, 1.54) is 0 Å². The van der Waals surface area contributed by atoms with E-state index in [0.29, 0.717) is 19.7 Å². The first-order chi connectivity index (χ1) is 12.1. The molecule has 2 rings (SSSR count). The van der Waals surface area contributed by atoms with Gasteiger partial charge >= 0.3 is 0 Å². The molecule has 0 aromatic heterocycles. The van der Waals surface area contributed by atoms with Crippen LogP contribution < -0.4 is 5.32 Å². The third-order valence-electron chi connectivity index (χ3n) is 4.85. The third kappa shape index (κ3) is 5.30. The summed E-state index contributed by atoms with van der Waals surface area (Å²) in [5.41, 5.74) is 1.08. The molecule has 2 amide bonds. The minimum atomic E-state index is -0.424. The van der Waals surface area contributed by atoms with Crippen LogP contribution in [0.5, 0.6) is 0 Å². The largest absolute Gasteiger partial charge is 0.369 e. The molecular weight excluding hydrogens is 316 g/mol. The molecule has 1 N–H and O–H groups in total. The molecule has 1 fully saturated rings. The molecule has 0 unspecified atom stereocenters. The van der Waals surface area contributed by atoms with Gasteiger partial charge in [0.2, 0.25) is 11.8 Å². The number of likely N-dealkylation sites (tertiary alicyclic amines) is 1. The molecule has 0 bridgehead atoms. The summed E-state index contributed by atoms with van der Waals surface area (Å²) < 4.78 is 5.32. The van der Waals surface area contributed by atoms with Crippen LogP contribution in [0.2, 0.25) is 0 Å². The minimum absolute atomic E-state index is 0.0673. The van der Waals surface area contributed by atoms with E-state index >= 15 is 0 Å². The van der Waals surface area contributed by atoms with Gasteiger partial charge in [-0.15, -0.1) is 0 Å². The molecule has 5 nitrogen and oxygen atoms in total. The van der Waals surface area contributed by atoms with Crippen LogP contribution in [-0.2, 0) is 14.3 Å². The van der Waals surface area contributed by atoms with Crippen LogP contribution >= 0.6 is 0 Å². The molecule has 1 aromatic carbocycles. The van der Waals surface area contributed by atoms with Gasteiger partial charge in [-0.3, -0.25) is 9.59 Å². The molecule has 2 atom stereocenters. The van der Waals surface area contributed by atoms with Crippen LogP contribution in [0.1, 0.15) is 51.5 Å². The second-order valence-corrected chi connectivity index (χ2v) is 6.58. The molecule has 138 valence electrons. The molecule has 1 aliphatic heterocycles. The lowest BCUT2D eigenvalue weighted by Crippen LogP contribution is -2.49. The normalized spacial score (nSPS) is 17.8. The lowest BCUT2D eigenvalue weighted by molar-refractivity contribution is -0.135. The third-order valence-corrected chi connectivity index (χ3v) is 4.85. The van der Waals surface area contributed by atoms with Crippen molar-refractivity contribution in [3.05, 3.63) is 35.9 Å². The van der Waals surface area contributed by atoms with Crippen molar-refractivity contribution in [2.24, 2.45) is 0 Å². The highest BCUT2D eigenvalue weighted by molar-refractivity contribution is 5.84. The van der Waals surface area contributed by atoms with E-state index < -0.39 is 6.10 Å². The van der Waals surface area contributed by atoms with E-state index in [4.69, 9.17) is 4.74 Å². The zero-order valence-corrected chi connectivity index (χ0v) is 15.5. The fraction of sp³-hybridized carbons (Fsp3) is 0.600. The summed E-state index contributed by atoms with van der Waals surface area (Å²) in [4.78, 5) is 26.9. The van der Waals surface area contributed by atoms with Gasteiger partial charge in [0.25, 0.3) is 0 Å². The Labute approximate surface area is 150 Å². The number of piperidine rings is 1. The molecular formula is C20H30N2O3. The lowest BCUT2D eigenvalue weighted by atomic mass is 9.93. The highest BCUT2D eigenvalue weighted by atomic mass is 16.5. The Hall–Kier alpha value is -1.88. The zero-order valence-electron chi connectivity index (χ0n) is 15.5. The Morgan fingerprint density at radius 3 is 2.40 bits per heavy atom. The number of hydrogen-bond donors (Lipinski definition) is 1. The van der Waals surface area contributed by atoms with Crippen molar-refractivity contribution in [2.75, 3.05) is 19.7 Å². The highest BCUT2D eigenvalue weighted by Crippen LogP contribution is 2.24. The summed E-state index contributed by atoms with van der Waals surface area (Å²) in [5, 5.41) is 3.04. The van der Waals surface area contributed by atoms with E-state index in [0.717, 1.165) is 24.8 Å². The summed E-state index contributed by atoms with van der Waals surface area (Å²) in [5.74, 6) is 0.0498. The Bertz CT molecular complexity index is 553. The van der Waals surface area contributed by atoms with Crippen molar-refractivity contribution >= 4 is 11.8 Å². The van der Waals surface area contributed by atoms with Crippen LogP contribution in [0.3, 0.4) is 0 Å². The van der Waals surface area contributed by atoms with Gasteiger partial charge in [-0.05, 0) is 38.7 Å². The predicted octanol–water partition coefficient (Wildman–Crippen LogP) is 2.71. The standard InChI is InChI=1S/C20H30N2O3/c1-4-18(16-9-7-6-8-10-16)20(24)22-13-11-17(12-14-22)21-19(23)15(3)25-5-2/h6-10,15,17-18H,4-5,11-14H2,1-3H3,(H,21,23)/t15-,18-/m1/s1. The second kappa shape index (κ2) is 9.56. The first-order valence-electron chi connectivity index (χ1n) is 9.32. The first kappa shape index (κ1) is 19.4. The number of hydrogen-bond acceptors (Lipinski definition) is 3. The molecule has 0 spiro atoms. The van der Waals surface area contributed by atoms with Crippen molar-refractivity contribution in [3.63, 3.8) is 0 Å². The molecule has 0 saturated carbocycles. The van der Waals surface area contributed by atoms with Gasteiger partial charge in [0, 0.05) is 25.7 Å². The maximum Gasteiger partial charge on any atom is 0.249 e.